The van der Waals surface area contributed by atoms with Gasteiger partial charge < -0.3 is 9.47 Å². The highest BCUT2D eigenvalue weighted by atomic mass is 16.6. The summed E-state index contributed by atoms with van der Waals surface area (Å²) in [6.07, 6.45) is 1.74. The molecule has 1 rings (SSSR count). The predicted molar refractivity (Wildman–Crippen MR) is 75.0 cm³/mol. The molecule has 0 spiro atoms. The van der Waals surface area contributed by atoms with E-state index in [0.717, 1.165) is 18.4 Å². The number of rotatable bonds is 8. The highest BCUT2D eigenvalue weighted by Crippen LogP contribution is 2.13. The zero-order valence-corrected chi connectivity index (χ0v) is 12.1. The van der Waals surface area contributed by atoms with E-state index in [0.29, 0.717) is 19.6 Å². The summed E-state index contributed by atoms with van der Waals surface area (Å²) >= 11 is 0. The Bertz CT molecular complexity index is 394. The zero-order chi connectivity index (χ0) is 14.8. The van der Waals surface area contributed by atoms with Gasteiger partial charge in [0.05, 0.1) is 13.2 Å². The normalized spacial score (nSPS) is 10.3. The maximum Gasteiger partial charge on any atom is 0.320 e. The van der Waals surface area contributed by atoms with E-state index in [1.807, 2.05) is 26.0 Å². The molecule has 109 valence electrons. The highest BCUT2D eigenvalue weighted by molar-refractivity contribution is 5.95. The van der Waals surface area contributed by atoms with Gasteiger partial charge in [-0.05, 0) is 30.9 Å². The van der Waals surface area contributed by atoms with Gasteiger partial charge in [-0.2, -0.15) is 0 Å². The number of carbonyl (C=O) groups excluding carboxylic acids is 2. The van der Waals surface area contributed by atoms with Crippen LogP contribution in [0.5, 0.6) is 0 Å². The Hall–Kier alpha value is -1.84. The van der Waals surface area contributed by atoms with Crippen LogP contribution < -0.4 is 0 Å². The third-order valence-electron chi connectivity index (χ3n) is 2.69. The molecule has 0 bridgehead atoms. The van der Waals surface area contributed by atoms with Crippen molar-refractivity contribution in [1.29, 1.82) is 0 Å². The first kappa shape index (κ1) is 16.2. The summed E-state index contributed by atoms with van der Waals surface area (Å²) in [7, 11) is 0. The van der Waals surface area contributed by atoms with Gasteiger partial charge in [0.1, 0.15) is 0 Å². The summed E-state index contributed by atoms with van der Waals surface area (Å²) < 4.78 is 10.2. The average molecular weight is 277 g/mol. The lowest BCUT2D eigenvalue weighted by Crippen LogP contribution is -2.30. The number of benzene rings is 1. The Balaban J connectivity index is 2.72. The maximum absolute atomic E-state index is 12.0. The van der Waals surface area contributed by atoms with Gasteiger partial charge in [0, 0.05) is 0 Å². The Morgan fingerprint density at radius 1 is 1.05 bits per heavy atom. The van der Waals surface area contributed by atoms with Gasteiger partial charge in [0.15, 0.2) is 5.92 Å². The van der Waals surface area contributed by atoms with E-state index in [4.69, 9.17) is 9.47 Å². The van der Waals surface area contributed by atoms with Crippen LogP contribution in [0, 0.1) is 12.0 Å². The molecule has 1 aromatic carbocycles. The number of ether oxygens (including phenoxy) is 2. The number of carbonyl (C=O) groups is 2. The number of hydrogen-bond acceptors (Lipinski definition) is 4. The van der Waals surface area contributed by atoms with E-state index in [1.54, 1.807) is 12.1 Å². The minimum absolute atomic E-state index is 0.291. The van der Waals surface area contributed by atoms with Crippen molar-refractivity contribution in [3.63, 3.8) is 0 Å². The van der Waals surface area contributed by atoms with Crippen LogP contribution in [0.4, 0.5) is 0 Å². The predicted octanol–water partition coefficient (Wildman–Crippen LogP) is 2.55. The smallest absolute Gasteiger partial charge is 0.320 e. The minimum Gasteiger partial charge on any atom is -0.465 e. The molecular weight excluding hydrogens is 256 g/mol. The van der Waals surface area contributed by atoms with Crippen molar-refractivity contribution in [2.45, 2.75) is 33.1 Å². The fourth-order valence-electron chi connectivity index (χ4n) is 1.66. The molecule has 0 aromatic heterocycles. The summed E-state index contributed by atoms with van der Waals surface area (Å²) in [5.74, 6) is -1.92. The molecule has 0 aliphatic heterocycles. The third kappa shape index (κ3) is 5.43. The van der Waals surface area contributed by atoms with Gasteiger partial charge in [-0.25, -0.2) is 0 Å². The molecule has 4 heteroatoms. The van der Waals surface area contributed by atoms with E-state index in [2.05, 4.69) is 6.07 Å². The molecule has 1 aromatic rings. The summed E-state index contributed by atoms with van der Waals surface area (Å²) in [4.78, 5) is 24.0. The van der Waals surface area contributed by atoms with Gasteiger partial charge in [0.25, 0.3) is 0 Å². The van der Waals surface area contributed by atoms with Crippen LogP contribution in [0.3, 0.4) is 0 Å². The quantitative estimate of drug-likeness (QED) is 0.541. The van der Waals surface area contributed by atoms with E-state index in [1.165, 1.54) is 0 Å². The summed E-state index contributed by atoms with van der Waals surface area (Å²) in [6, 6.07) is 10.1. The fraction of sp³-hybridized carbons (Fsp3) is 0.500. The first-order chi connectivity index (χ1) is 9.69. The Labute approximate surface area is 120 Å². The SMILES string of the molecule is CCCOC(=O)C(Cc1cc[c]cc1)C(=O)OCCC. The van der Waals surface area contributed by atoms with Gasteiger partial charge >= 0.3 is 11.9 Å². The molecule has 4 nitrogen and oxygen atoms in total. The Morgan fingerprint density at radius 2 is 1.55 bits per heavy atom. The van der Waals surface area contributed by atoms with Gasteiger partial charge in [-0.1, -0.05) is 38.1 Å². The zero-order valence-electron chi connectivity index (χ0n) is 12.1. The molecule has 0 amide bonds. The van der Waals surface area contributed by atoms with Crippen LogP contribution in [0.1, 0.15) is 32.3 Å². The van der Waals surface area contributed by atoms with Crippen LogP contribution >= 0.6 is 0 Å². The van der Waals surface area contributed by atoms with Crippen LogP contribution in [0.15, 0.2) is 24.3 Å². The molecule has 0 heterocycles. The van der Waals surface area contributed by atoms with Crippen molar-refractivity contribution in [3.8, 4) is 0 Å². The van der Waals surface area contributed by atoms with Crippen LogP contribution in [0.25, 0.3) is 0 Å². The van der Waals surface area contributed by atoms with Crippen molar-refractivity contribution in [1.82, 2.24) is 0 Å². The first-order valence-corrected chi connectivity index (χ1v) is 6.97. The second kappa shape index (κ2) is 9.13. The van der Waals surface area contributed by atoms with Crippen molar-refractivity contribution in [2.24, 2.45) is 5.92 Å². The monoisotopic (exact) mass is 277 g/mol. The molecule has 0 fully saturated rings. The number of esters is 2. The van der Waals surface area contributed by atoms with Crippen molar-refractivity contribution < 1.29 is 19.1 Å². The van der Waals surface area contributed by atoms with Crippen molar-refractivity contribution in [3.05, 3.63) is 35.9 Å². The lowest BCUT2D eigenvalue weighted by Gasteiger charge is -2.15. The average Bonchev–Trinajstić information content (AvgIpc) is 2.48. The van der Waals surface area contributed by atoms with E-state index in [9.17, 15) is 9.59 Å². The summed E-state index contributed by atoms with van der Waals surface area (Å²) in [6.45, 7) is 4.45. The van der Waals surface area contributed by atoms with Crippen molar-refractivity contribution in [2.75, 3.05) is 13.2 Å². The minimum atomic E-state index is -0.893. The van der Waals surface area contributed by atoms with Gasteiger partial charge in [-0.15, -0.1) is 0 Å². The standard InChI is InChI=1S/C16H21O4/c1-3-10-19-15(17)14(16(18)20-11-4-2)12-13-8-6-5-7-9-13/h6-9,14H,3-4,10-12H2,1-2H3. The molecule has 0 unspecified atom stereocenters. The van der Waals surface area contributed by atoms with Gasteiger partial charge in [0.2, 0.25) is 0 Å². The fourth-order valence-corrected chi connectivity index (χ4v) is 1.66. The van der Waals surface area contributed by atoms with Crippen LogP contribution in [0.2, 0.25) is 0 Å². The molecular formula is C16H21O4. The van der Waals surface area contributed by atoms with Crippen LogP contribution in [-0.4, -0.2) is 25.2 Å². The molecule has 0 saturated carbocycles. The molecule has 0 aliphatic carbocycles. The van der Waals surface area contributed by atoms with Gasteiger partial charge in [-0.3, -0.25) is 9.59 Å². The summed E-state index contributed by atoms with van der Waals surface area (Å²) in [5.41, 5.74) is 0.885. The maximum atomic E-state index is 12.0. The lowest BCUT2D eigenvalue weighted by atomic mass is 9.99. The molecule has 0 aliphatic rings. The molecule has 0 saturated heterocycles. The molecule has 20 heavy (non-hydrogen) atoms. The second-order valence-electron chi connectivity index (χ2n) is 4.50. The van der Waals surface area contributed by atoms with Crippen molar-refractivity contribution >= 4 is 11.9 Å². The van der Waals surface area contributed by atoms with E-state index in [-0.39, 0.29) is 0 Å². The second-order valence-corrected chi connectivity index (χ2v) is 4.50. The third-order valence-corrected chi connectivity index (χ3v) is 2.69. The summed E-state index contributed by atoms with van der Waals surface area (Å²) in [5, 5.41) is 0. The molecule has 1 radical (unpaired) electrons. The highest BCUT2D eigenvalue weighted by Gasteiger charge is 2.29. The Kier molecular flexibility index (Phi) is 7.40. The van der Waals surface area contributed by atoms with E-state index < -0.39 is 17.9 Å². The molecule has 0 N–H and O–H groups in total. The lowest BCUT2D eigenvalue weighted by molar-refractivity contribution is -0.162. The first-order valence-electron chi connectivity index (χ1n) is 6.97. The molecule has 0 atom stereocenters. The number of hydrogen-bond donors (Lipinski definition) is 0. The Morgan fingerprint density at radius 3 is 2.00 bits per heavy atom. The van der Waals surface area contributed by atoms with E-state index >= 15 is 0 Å². The topological polar surface area (TPSA) is 52.6 Å². The largest absolute Gasteiger partial charge is 0.465 e. The van der Waals surface area contributed by atoms with Crippen LogP contribution in [-0.2, 0) is 25.5 Å².